The highest BCUT2D eigenvalue weighted by Crippen LogP contribution is 2.21. The lowest BCUT2D eigenvalue weighted by atomic mass is 10.1. The van der Waals surface area contributed by atoms with Crippen molar-refractivity contribution in [3.63, 3.8) is 0 Å². The Morgan fingerprint density at radius 2 is 2.22 bits per heavy atom. The number of aromatic nitrogens is 1. The fraction of sp³-hybridized carbons (Fsp3) is 0.118. The summed E-state index contributed by atoms with van der Waals surface area (Å²) in [5.74, 6) is 0.128. The Bertz CT molecular complexity index is 702. The monoisotopic (exact) mass is 327 g/mol. The number of amides is 1. The summed E-state index contributed by atoms with van der Waals surface area (Å²) in [6.45, 7) is 3.65. The molecule has 0 atom stereocenters. The van der Waals surface area contributed by atoms with Crippen LogP contribution in [-0.2, 0) is 11.2 Å². The van der Waals surface area contributed by atoms with E-state index in [4.69, 9.17) is 0 Å². The molecule has 5 nitrogen and oxygen atoms in total. The minimum absolute atomic E-state index is 0.147. The summed E-state index contributed by atoms with van der Waals surface area (Å²) < 4.78 is 0. The number of aromatic hydroxyl groups is 1. The Balaban J connectivity index is 1.87. The molecule has 0 saturated heterocycles. The first-order valence-electron chi connectivity index (χ1n) is 6.98. The molecule has 1 aromatic heterocycles. The molecule has 2 aromatic rings. The van der Waals surface area contributed by atoms with Gasteiger partial charge in [0.05, 0.1) is 17.0 Å². The number of para-hydroxylation sites is 1. The minimum Gasteiger partial charge on any atom is -0.507 e. The van der Waals surface area contributed by atoms with Gasteiger partial charge in [-0.1, -0.05) is 36.0 Å². The van der Waals surface area contributed by atoms with Gasteiger partial charge in [-0.2, -0.15) is 5.10 Å². The molecule has 0 spiro atoms. The summed E-state index contributed by atoms with van der Waals surface area (Å²) in [6, 6.07) is 10.9. The van der Waals surface area contributed by atoms with Crippen LogP contribution in [0.2, 0.25) is 0 Å². The van der Waals surface area contributed by atoms with Crippen LogP contribution in [0.1, 0.15) is 11.1 Å². The summed E-state index contributed by atoms with van der Waals surface area (Å²) in [6.07, 6.45) is 5.38. The molecule has 118 valence electrons. The van der Waals surface area contributed by atoms with Gasteiger partial charge >= 0.3 is 0 Å². The molecule has 6 heteroatoms. The molecule has 0 aliphatic rings. The maximum atomic E-state index is 11.7. The van der Waals surface area contributed by atoms with E-state index in [9.17, 15) is 9.90 Å². The largest absolute Gasteiger partial charge is 0.507 e. The summed E-state index contributed by atoms with van der Waals surface area (Å²) in [5, 5.41) is 14.7. The van der Waals surface area contributed by atoms with E-state index in [1.54, 1.807) is 18.3 Å². The first-order chi connectivity index (χ1) is 11.2. The second kappa shape index (κ2) is 8.75. The predicted octanol–water partition coefficient (Wildman–Crippen LogP) is 2.76. The van der Waals surface area contributed by atoms with Crippen LogP contribution in [0, 0.1) is 0 Å². The molecule has 0 bridgehead atoms. The molecule has 0 aliphatic heterocycles. The van der Waals surface area contributed by atoms with E-state index >= 15 is 0 Å². The van der Waals surface area contributed by atoms with Crippen LogP contribution in [0.15, 0.2) is 65.4 Å². The summed E-state index contributed by atoms with van der Waals surface area (Å²) in [7, 11) is 0. The Morgan fingerprint density at radius 1 is 1.35 bits per heavy atom. The van der Waals surface area contributed by atoms with Crippen LogP contribution in [-0.4, -0.2) is 28.0 Å². The number of hydrogen-bond acceptors (Lipinski definition) is 5. The molecule has 1 amide bonds. The van der Waals surface area contributed by atoms with Gasteiger partial charge in [0.2, 0.25) is 5.91 Å². The number of carbonyl (C=O) groups excluding carboxylic acids is 1. The van der Waals surface area contributed by atoms with Gasteiger partial charge in [0, 0.05) is 11.8 Å². The Kier molecular flexibility index (Phi) is 6.38. The molecule has 1 heterocycles. The normalized spacial score (nSPS) is 10.6. The van der Waals surface area contributed by atoms with Gasteiger partial charge in [-0.05, 0) is 30.2 Å². The molecule has 1 aromatic carbocycles. The Labute approximate surface area is 139 Å². The highest BCUT2D eigenvalue weighted by Gasteiger charge is 2.05. The maximum absolute atomic E-state index is 11.7. The number of allylic oxidation sites excluding steroid dienone is 1. The lowest BCUT2D eigenvalue weighted by Crippen LogP contribution is -2.19. The Morgan fingerprint density at radius 3 is 2.96 bits per heavy atom. The molecule has 23 heavy (non-hydrogen) atoms. The van der Waals surface area contributed by atoms with Crippen molar-refractivity contribution in [2.45, 2.75) is 11.4 Å². The van der Waals surface area contributed by atoms with E-state index in [1.807, 2.05) is 30.3 Å². The first-order valence-corrected chi connectivity index (χ1v) is 7.96. The number of phenols is 1. The second-order valence-electron chi connectivity index (χ2n) is 4.60. The van der Waals surface area contributed by atoms with E-state index in [0.717, 1.165) is 10.6 Å². The number of benzene rings is 1. The van der Waals surface area contributed by atoms with E-state index in [1.165, 1.54) is 18.0 Å². The third-order valence-electron chi connectivity index (χ3n) is 2.90. The second-order valence-corrected chi connectivity index (χ2v) is 5.59. The van der Waals surface area contributed by atoms with Gasteiger partial charge in [-0.15, -0.1) is 6.58 Å². The van der Waals surface area contributed by atoms with Gasteiger partial charge in [-0.3, -0.25) is 4.79 Å². The number of pyridine rings is 1. The highest BCUT2D eigenvalue weighted by atomic mass is 32.2. The SMILES string of the molecule is C=CCc1cccc(/C=N/NC(=O)CSc2ccccn2)c1O. The number of hydrogen-bond donors (Lipinski definition) is 2. The Hall–Kier alpha value is -2.60. The fourth-order valence-corrected chi connectivity index (χ4v) is 2.47. The zero-order chi connectivity index (χ0) is 16.5. The van der Waals surface area contributed by atoms with Crippen molar-refractivity contribution < 1.29 is 9.90 Å². The number of nitrogens with one attached hydrogen (secondary N) is 1. The van der Waals surface area contributed by atoms with Crippen LogP contribution >= 0.6 is 11.8 Å². The smallest absolute Gasteiger partial charge is 0.250 e. The molecule has 0 fully saturated rings. The summed E-state index contributed by atoms with van der Waals surface area (Å²) in [5.41, 5.74) is 3.74. The minimum atomic E-state index is -0.237. The third-order valence-corrected chi connectivity index (χ3v) is 3.84. The molecule has 0 unspecified atom stereocenters. The van der Waals surface area contributed by atoms with Gasteiger partial charge in [-0.25, -0.2) is 10.4 Å². The van der Waals surface area contributed by atoms with Crippen molar-refractivity contribution in [2.24, 2.45) is 5.10 Å². The molecule has 0 saturated carbocycles. The van der Waals surface area contributed by atoms with Crippen LogP contribution in [0.25, 0.3) is 0 Å². The average molecular weight is 327 g/mol. The lowest BCUT2D eigenvalue weighted by molar-refractivity contribution is -0.118. The van der Waals surface area contributed by atoms with Crippen LogP contribution in [0.5, 0.6) is 5.75 Å². The molecular formula is C17H17N3O2S. The molecule has 0 aliphatic carbocycles. The number of thioether (sulfide) groups is 1. The number of carbonyl (C=O) groups is 1. The standard InChI is InChI=1S/C17H17N3O2S/c1-2-6-13-7-5-8-14(17(13)22)11-19-20-15(21)12-23-16-9-3-4-10-18-16/h2-5,7-11,22H,1,6,12H2,(H,20,21)/b19-11+. The summed E-state index contributed by atoms with van der Waals surface area (Å²) in [4.78, 5) is 15.8. The van der Waals surface area contributed by atoms with Crippen molar-refractivity contribution in [2.75, 3.05) is 5.75 Å². The van der Waals surface area contributed by atoms with Crippen LogP contribution in [0.4, 0.5) is 0 Å². The van der Waals surface area contributed by atoms with Crippen LogP contribution in [0.3, 0.4) is 0 Å². The number of hydrazone groups is 1. The molecule has 2 rings (SSSR count). The number of nitrogens with zero attached hydrogens (tertiary/aromatic N) is 2. The maximum Gasteiger partial charge on any atom is 0.250 e. The van der Waals surface area contributed by atoms with Crippen LogP contribution < -0.4 is 5.43 Å². The zero-order valence-corrected chi connectivity index (χ0v) is 13.3. The number of phenolic OH excluding ortho intramolecular Hbond substituents is 1. The molecular weight excluding hydrogens is 310 g/mol. The lowest BCUT2D eigenvalue weighted by Gasteiger charge is -2.04. The fourth-order valence-electron chi connectivity index (χ4n) is 1.81. The first kappa shape index (κ1) is 16.8. The van der Waals surface area contributed by atoms with E-state index in [2.05, 4.69) is 22.1 Å². The molecule has 2 N–H and O–H groups in total. The predicted molar refractivity (Wildman–Crippen MR) is 92.7 cm³/mol. The zero-order valence-electron chi connectivity index (χ0n) is 12.5. The van der Waals surface area contributed by atoms with Gasteiger partial charge < -0.3 is 5.11 Å². The van der Waals surface area contributed by atoms with Crippen molar-refractivity contribution in [1.29, 1.82) is 0 Å². The summed E-state index contributed by atoms with van der Waals surface area (Å²) >= 11 is 1.33. The topological polar surface area (TPSA) is 74.6 Å². The van der Waals surface area contributed by atoms with Gasteiger partial charge in [0.25, 0.3) is 0 Å². The highest BCUT2D eigenvalue weighted by molar-refractivity contribution is 7.99. The van der Waals surface area contributed by atoms with Crippen molar-refractivity contribution in [3.8, 4) is 5.75 Å². The van der Waals surface area contributed by atoms with E-state index < -0.39 is 0 Å². The van der Waals surface area contributed by atoms with Crippen molar-refractivity contribution in [1.82, 2.24) is 10.4 Å². The van der Waals surface area contributed by atoms with Gasteiger partial charge in [0.1, 0.15) is 5.75 Å². The molecule has 0 radical (unpaired) electrons. The van der Waals surface area contributed by atoms with E-state index in [0.29, 0.717) is 12.0 Å². The average Bonchev–Trinajstić information content (AvgIpc) is 2.57. The van der Waals surface area contributed by atoms with E-state index in [-0.39, 0.29) is 17.4 Å². The quantitative estimate of drug-likeness (QED) is 0.355. The third kappa shape index (κ3) is 5.27. The van der Waals surface area contributed by atoms with Gasteiger partial charge in [0.15, 0.2) is 0 Å². The number of rotatable bonds is 7. The van der Waals surface area contributed by atoms with Crippen molar-refractivity contribution in [3.05, 3.63) is 66.4 Å². The van der Waals surface area contributed by atoms with Crippen molar-refractivity contribution >= 4 is 23.9 Å².